The minimum atomic E-state index is -0.776. The fraction of sp³-hybridized carbons (Fsp3) is 0.0455. The minimum absolute atomic E-state index is 0.131. The van der Waals surface area contributed by atoms with Crippen LogP contribution in [0.15, 0.2) is 79.8 Å². The van der Waals surface area contributed by atoms with E-state index in [4.69, 9.17) is 4.74 Å². The van der Waals surface area contributed by atoms with Gasteiger partial charge in [0, 0.05) is 16.1 Å². The Balaban J connectivity index is 1.78. The third-order valence-corrected chi connectivity index (χ3v) is 5.09. The van der Waals surface area contributed by atoms with E-state index in [1.54, 1.807) is 24.3 Å². The fourth-order valence-electron chi connectivity index (χ4n) is 3.15. The van der Waals surface area contributed by atoms with Crippen molar-refractivity contribution in [3.8, 4) is 5.75 Å². The van der Waals surface area contributed by atoms with Gasteiger partial charge in [0.2, 0.25) is 5.75 Å². The smallest absolute Gasteiger partial charge is 0.349 e. The largest absolute Gasteiger partial charge is 0.481 e. The number of ether oxygens (including phenoxy) is 1. The summed E-state index contributed by atoms with van der Waals surface area (Å²) in [5.41, 5.74) is -0.860. The second kappa shape index (κ2) is 9.17. The average molecular weight is 513 g/mol. The summed E-state index contributed by atoms with van der Waals surface area (Å²) in [5, 5.41) is 15.8. The van der Waals surface area contributed by atoms with Crippen LogP contribution in [-0.2, 0) is 6.61 Å². The monoisotopic (exact) mass is 512 g/mol. The first-order valence-electron chi connectivity index (χ1n) is 9.47. The van der Waals surface area contributed by atoms with Gasteiger partial charge in [-0.25, -0.2) is 9.18 Å². The van der Waals surface area contributed by atoms with Crippen LogP contribution < -0.4 is 16.0 Å². The van der Waals surface area contributed by atoms with Crippen LogP contribution in [0.1, 0.15) is 11.1 Å². The van der Waals surface area contributed by atoms with Crippen LogP contribution in [0.4, 0.5) is 10.1 Å². The molecule has 0 aliphatic rings. The van der Waals surface area contributed by atoms with Crippen molar-refractivity contribution in [3.05, 3.63) is 113 Å². The van der Waals surface area contributed by atoms with Gasteiger partial charge in [-0.2, -0.15) is 5.10 Å². The molecular weight excluding hydrogens is 499 g/mol. The Morgan fingerprint density at radius 1 is 1.15 bits per heavy atom. The van der Waals surface area contributed by atoms with Gasteiger partial charge in [0.25, 0.3) is 5.56 Å². The van der Waals surface area contributed by atoms with E-state index in [9.17, 15) is 24.1 Å². The maximum Gasteiger partial charge on any atom is 0.349 e. The highest BCUT2D eigenvalue weighted by Crippen LogP contribution is 2.34. The van der Waals surface area contributed by atoms with Crippen molar-refractivity contribution >= 4 is 38.7 Å². The highest BCUT2D eigenvalue weighted by atomic mass is 79.9. The molecular formula is C22H14BrFN4O5. The number of hydrogen-bond donors (Lipinski definition) is 1. The van der Waals surface area contributed by atoms with E-state index < -0.39 is 22.0 Å². The molecule has 1 heterocycles. The summed E-state index contributed by atoms with van der Waals surface area (Å²) in [7, 11) is 0. The quantitative estimate of drug-likeness (QED) is 0.238. The second-order valence-corrected chi connectivity index (χ2v) is 7.77. The topological polar surface area (TPSA) is 120 Å². The summed E-state index contributed by atoms with van der Waals surface area (Å²) < 4.78 is 20.1. The number of nitro groups is 1. The summed E-state index contributed by atoms with van der Waals surface area (Å²) >= 11 is 3.20. The molecule has 4 aromatic rings. The summed E-state index contributed by atoms with van der Waals surface area (Å²) in [6, 6.07) is 14.8. The number of rotatable bonds is 6. The van der Waals surface area contributed by atoms with E-state index in [2.05, 4.69) is 26.0 Å². The lowest BCUT2D eigenvalue weighted by Crippen LogP contribution is -2.32. The van der Waals surface area contributed by atoms with Gasteiger partial charge in [-0.05, 0) is 35.9 Å². The molecule has 11 heteroatoms. The van der Waals surface area contributed by atoms with Gasteiger partial charge in [-0.1, -0.05) is 40.2 Å². The Bertz CT molecular complexity index is 1530. The maximum atomic E-state index is 13.5. The van der Waals surface area contributed by atoms with Crippen LogP contribution in [0.3, 0.4) is 0 Å². The van der Waals surface area contributed by atoms with Gasteiger partial charge in [-0.15, -0.1) is 4.68 Å². The van der Waals surface area contributed by atoms with Gasteiger partial charge in [0.1, 0.15) is 12.4 Å². The zero-order valence-corrected chi connectivity index (χ0v) is 18.3. The highest BCUT2D eigenvalue weighted by molar-refractivity contribution is 9.10. The molecule has 0 unspecified atom stereocenters. The molecule has 166 valence electrons. The van der Waals surface area contributed by atoms with Crippen LogP contribution in [0, 0.1) is 15.9 Å². The highest BCUT2D eigenvalue weighted by Gasteiger charge is 2.21. The van der Waals surface area contributed by atoms with Gasteiger partial charge >= 0.3 is 11.4 Å². The van der Waals surface area contributed by atoms with E-state index >= 15 is 0 Å². The van der Waals surface area contributed by atoms with E-state index in [1.165, 1.54) is 36.4 Å². The average Bonchev–Trinajstić information content (AvgIpc) is 2.78. The molecule has 0 saturated heterocycles. The number of hydrogen-bond acceptors (Lipinski definition) is 6. The molecule has 0 aliphatic heterocycles. The molecule has 1 N–H and O–H groups in total. The van der Waals surface area contributed by atoms with Crippen LogP contribution in [0.5, 0.6) is 5.75 Å². The van der Waals surface area contributed by atoms with Crippen LogP contribution in [0.25, 0.3) is 10.9 Å². The van der Waals surface area contributed by atoms with Gasteiger partial charge < -0.3 is 9.72 Å². The minimum Gasteiger partial charge on any atom is -0.481 e. The first-order valence-corrected chi connectivity index (χ1v) is 10.3. The molecule has 0 radical (unpaired) electrons. The Hall–Kier alpha value is -4.12. The molecule has 0 saturated carbocycles. The maximum absolute atomic E-state index is 13.5. The van der Waals surface area contributed by atoms with Gasteiger partial charge in [0.15, 0.2) is 0 Å². The van der Waals surface area contributed by atoms with Gasteiger partial charge in [0.05, 0.1) is 22.0 Å². The van der Waals surface area contributed by atoms with E-state index in [0.29, 0.717) is 20.2 Å². The number of nitrogens with zero attached hydrogens (tertiary/aromatic N) is 3. The molecule has 0 atom stereocenters. The Morgan fingerprint density at radius 2 is 1.94 bits per heavy atom. The summed E-state index contributed by atoms with van der Waals surface area (Å²) in [6.45, 7) is -0.155. The summed E-state index contributed by atoms with van der Waals surface area (Å²) in [4.78, 5) is 38.6. The third kappa shape index (κ3) is 4.72. The SMILES string of the molecule is O=c1[nH]c2ccccc2c(=O)n1N=Cc1cc(Br)cc([N+](=O)[O-])c1OCc1cccc(F)c1. The molecule has 1 aromatic heterocycles. The molecule has 0 fully saturated rings. The molecule has 0 aliphatic carbocycles. The Morgan fingerprint density at radius 3 is 2.70 bits per heavy atom. The number of halogens is 2. The molecule has 4 rings (SSSR count). The van der Waals surface area contributed by atoms with Crippen molar-refractivity contribution in [2.75, 3.05) is 0 Å². The zero-order valence-electron chi connectivity index (χ0n) is 16.7. The normalized spacial score (nSPS) is 11.2. The van der Waals surface area contributed by atoms with E-state index in [-0.39, 0.29) is 29.0 Å². The van der Waals surface area contributed by atoms with Crippen molar-refractivity contribution < 1.29 is 14.1 Å². The van der Waals surface area contributed by atoms with Crippen molar-refractivity contribution in [1.82, 2.24) is 9.66 Å². The number of nitrogens with one attached hydrogen (secondary N) is 1. The third-order valence-electron chi connectivity index (χ3n) is 4.63. The van der Waals surface area contributed by atoms with E-state index in [1.807, 2.05) is 0 Å². The summed E-state index contributed by atoms with van der Waals surface area (Å²) in [6.07, 6.45) is 1.12. The van der Waals surface area contributed by atoms with E-state index in [0.717, 1.165) is 6.21 Å². The predicted molar refractivity (Wildman–Crippen MR) is 123 cm³/mol. The number of fused-ring (bicyclic) bond motifs is 1. The molecule has 33 heavy (non-hydrogen) atoms. The number of aromatic amines is 1. The number of nitro benzene ring substituents is 1. The molecule has 0 bridgehead atoms. The standard InChI is InChI=1S/C22H14BrFN4O5/c23-15-9-14(11-25-27-21(29)17-6-1-2-7-18(17)26-22(27)30)20(19(10-15)28(31)32)33-12-13-4-3-5-16(24)8-13/h1-11H,12H2,(H,26,30). The lowest BCUT2D eigenvalue weighted by atomic mass is 10.2. The van der Waals surface area contributed by atoms with Crippen molar-refractivity contribution in [1.29, 1.82) is 0 Å². The lowest BCUT2D eigenvalue weighted by molar-refractivity contribution is -0.386. The molecule has 0 amide bonds. The van der Waals surface area contributed by atoms with Crippen molar-refractivity contribution in [2.24, 2.45) is 5.10 Å². The molecule has 0 spiro atoms. The second-order valence-electron chi connectivity index (χ2n) is 6.86. The molecule has 9 nitrogen and oxygen atoms in total. The van der Waals surface area contributed by atoms with Gasteiger partial charge in [-0.3, -0.25) is 14.9 Å². The van der Waals surface area contributed by atoms with Crippen molar-refractivity contribution in [3.63, 3.8) is 0 Å². The number of benzene rings is 3. The predicted octanol–water partition coefficient (Wildman–Crippen LogP) is 3.96. The molecule has 3 aromatic carbocycles. The fourth-order valence-corrected chi connectivity index (χ4v) is 3.61. The number of para-hydroxylation sites is 1. The number of H-pyrrole nitrogens is 1. The Labute approximate surface area is 193 Å². The zero-order chi connectivity index (χ0) is 23.5. The van der Waals surface area contributed by atoms with Crippen LogP contribution >= 0.6 is 15.9 Å². The summed E-state index contributed by atoms with van der Waals surface area (Å²) in [5.74, 6) is -0.625. The lowest BCUT2D eigenvalue weighted by Gasteiger charge is -2.10. The first kappa shape index (κ1) is 22.1. The van der Waals surface area contributed by atoms with Crippen molar-refractivity contribution in [2.45, 2.75) is 6.61 Å². The van der Waals surface area contributed by atoms with Crippen LogP contribution in [0.2, 0.25) is 0 Å². The first-order chi connectivity index (χ1) is 15.8. The number of aromatic nitrogens is 2. The Kier molecular flexibility index (Phi) is 6.13. The van der Waals surface area contributed by atoms with Crippen LogP contribution in [-0.4, -0.2) is 20.8 Å².